The minimum Gasteiger partial charge on any atom is -0.497 e. The highest BCUT2D eigenvalue weighted by Crippen LogP contribution is 2.49. The Morgan fingerprint density at radius 1 is 1.06 bits per heavy atom. The van der Waals surface area contributed by atoms with Crippen LogP contribution in [-0.4, -0.2) is 32.6 Å². The van der Waals surface area contributed by atoms with Crippen molar-refractivity contribution < 1.29 is 23.8 Å². The van der Waals surface area contributed by atoms with Gasteiger partial charge in [0.1, 0.15) is 11.5 Å². The molecule has 0 bridgehead atoms. The lowest BCUT2D eigenvalue weighted by atomic mass is 9.68. The zero-order valence-corrected chi connectivity index (χ0v) is 21.1. The predicted molar refractivity (Wildman–Crippen MR) is 134 cm³/mol. The molecule has 0 unspecified atom stereocenters. The second-order valence-corrected chi connectivity index (χ2v) is 9.91. The Labute approximate surface area is 207 Å². The van der Waals surface area contributed by atoms with Gasteiger partial charge < -0.3 is 19.5 Å². The largest absolute Gasteiger partial charge is 0.497 e. The third-order valence-corrected chi connectivity index (χ3v) is 6.67. The Morgan fingerprint density at radius 2 is 1.80 bits per heavy atom. The number of rotatable bonds is 7. The van der Waals surface area contributed by atoms with Crippen molar-refractivity contribution in [2.24, 2.45) is 5.41 Å². The maximum atomic E-state index is 13.5. The van der Waals surface area contributed by atoms with Crippen LogP contribution in [0, 0.1) is 5.41 Å². The smallest absolute Gasteiger partial charge is 0.336 e. The van der Waals surface area contributed by atoms with Gasteiger partial charge >= 0.3 is 5.97 Å². The Kier molecular flexibility index (Phi) is 7.01. The summed E-state index contributed by atoms with van der Waals surface area (Å²) in [4.78, 5) is 27.0. The Bertz CT molecular complexity index is 1190. The third kappa shape index (κ3) is 5.11. The van der Waals surface area contributed by atoms with Crippen molar-refractivity contribution in [2.45, 2.75) is 46.0 Å². The minimum absolute atomic E-state index is 0.0284. The molecule has 0 saturated heterocycles. The Balaban J connectivity index is 1.75. The summed E-state index contributed by atoms with van der Waals surface area (Å²) < 4.78 is 16.9. The van der Waals surface area contributed by atoms with Gasteiger partial charge in [-0.15, -0.1) is 0 Å². The molecule has 4 rings (SSSR count). The Hall–Kier alpha value is -3.54. The molecule has 1 aliphatic heterocycles. The van der Waals surface area contributed by atoms with E-state index in [0.717, 1.165) is 11.3 Å². The molecular weight excluding hydrogens is 442 g/mol. The quantitative estimate of drug-likeness (QED) is 0.562. The fraction of sp³-hybridized carbons (Fsp3) is 0.379. The number of dihydropyridines is 1. The molecule has 35 heavy (non-hydrogen) atoms. The van der Waals surface area contributed by atoms with E-state index in [0.29, 0.717) is 53.2 Å². The normalized spacial score (nSPS) is 19.1. The van der Waals surface area contributed by atoms with Gasteiger partial charge in [0.25, 0.3) is 0 Å². The van der Waals surface area contributed by atoms with Gasteiger partial charge in [0, 0.05) is 35.4 Å². The number of allylic oxidation sites excluding steroid dienone is 3. The van der Waals surface area contributed by atoms with Crippen LogP contribution in [0.15, 0.2) is 71.1 Å². The summed E-state index contributed by atoms with van der Waals surface area (Å²) in [7, 11) is 3.18. The summed E-state index contributed by atoms with van der Waals surface area (Å²) in [6, 6.07) is 15.3. The summed E-state index contributed by atoms with van der Waals surface area (Å²) in [6.45, 7) is 6.28. The van der Waals surface area contributed by atoms with Crippen LogP contribution in [0.5, 0.6) is 11.5 Å². The van der Waals surface area contributed by atoms with Crippen molar-refractivity contribution in [3.8, 4) is 11.5 Å². The summed E-state index contributed by atoms with van der Waals surface area (Å²) >= 11 is 0. The molecule has 1 atom stereocenters. The van der Waals surface area contributed by atoms with E-state index in [1.54, 1.807) is 26.4 Å². The van der Waals surface area contributed by atoms with Gasteiger partial charge in [0.15, 0.2) is 5.78 Å². The lowest BCUT2D eigenvalue weighted by Gasteiger charge is -2.39. The SMILES string of the molecule is COc1ccc(OC)c([C@H]2C(C(=O)OCCc3ccccc3)=C(C)NC3=C2C(=O)CC(C)(C)C3)c1. The number of Topliss-reactive ketones (excluding diaryl/α,β-unsaturated/α-hetero) is 1. The summed E-state index contributed by atoms with van der Waals surface area (Å²) in [5.41, 5.74) is 4.22. The van der Waals surface area contributed by atoms with Gasteiger partial charge in [0.2, 0.25) is 0 Å². The Morgan fingerprint density at radius 3 is 2.49 bits per heavy atom. The predicted octanol–water partition coefficient (Wildman–Crippen LogP) is 5.09. The first-order valence-corrected chi connectivity index (χ1v) is 11.9. The fourth-order valence-electron chi connectivity index (χ4n) is 5.07. The molecule has 1 aliphatic carbocycles. The van der Waals surface area contributed by atoms with Gasteiger partial charge in [0.05, 0.1) is 32.3 Å². The van der Waals surface area contributed by atoms with Crippen LogP contribution in [0.2, 0.25) is 0 Å². The van der Waals surface area contributed by atoms with Crippen molar-refractivity contribution in [3.05, 3.63) is 82.2 Å². The van der Waals surface area contributed by atoms with E-state index >= 15 is 0 Å². The maximum absolute atomic E-state index is 13.5. The molecule has 2 aromatic rings. The molecular formula is C29H33NO5. The van der Waals surface area contributed by atoms with Gasteiger partial charge in [-0.1, -0.05) is 44.2 Å². The lowest BCUT2D eigenvalue weighted by molar-refractivity contribution is -0.139. The lowest BCUT2D eigenvalue weighted by Crippen LogP contribution is -2.38. The molecule has 1 N–H and O–H groups in total. The van der Waals surface area contributed by atoms with E-state index < -0.39 is 11.9 Å². The molecule has 0 aromatic heterocycles. The van der Waals surface area contributed by atoms with E-state index in [-0.39, 0.29) is 17.8 Å². The minimum atomic E-state index is -0.607. The second kappa shape index (κ2) is 9.98. The summed E-state index contributed by atoms with van der Waals surface area (Å²) in [5, 5.41) is 3.37. The number of hydrogen-bond donors (Lipinski definition) is 1. The number of methoxy groups -OCH3 is 2. The van der Waals surface area contributed by atoms with Crippen LogP contribution in [0.25, 0.3) is 0 Å². The first-order chi connectivity index (χ1) is 16.7. The topological polar surface area (TPSA) is 73.9 Å². The van der Waals surface area contributed by atoms with Crippen molar-refractivity contribution in [2.75, 3.05) is 20.8 Å². The summed E-state index contributed by atoms with van der Waals surface area (Å²) in [5.74, 6) is 0.193. The monoisotopic (exact) mass is 475 g/mol. The molecule has 0 amide bonds. The molecule has 6 nitrogen and oxygen atoms in total. The number of esters is 1. The van der Waals surface area contributed by atoms with Crippen LogP contribution in [-0.2, 0) is 20.7 Å². The maximum Gasteiger partial charge on any atom is 0.336 e. The van der Waals surface area contributed by atoms with Crippen molar-refractivity contribution >= 4 is 11.8 Å². The number of carbonyl (C=O) groups excluding carboxylic acids is 2. The first kappa shape index (κ1) is 24.6. The van der Waals surface area contributed by atoms with Gasteiger partial charge in [-0.3, -0.25) is 4.79 Å². The van der Waals surface area contributed by atoms with E-state index in [2.05, 4.69) is 19.2 Å². The number of carbonyl (C=O) groups is 2. The van der Waals surface area contributed by atoms with Crippen LogP contribution in [0.3, 0.4) is 0 Å². The highest BCUT2D eigenvalue weighted by Gasteiger charge is 2.44. The van der Waals surface area contributed by atoms with Gasteiger partial charge in [-0.2, -0.15) is 0 Å². The number of ether oxygens (including phenoxy) is 3. The molecule has 6 heteroatoms. The standard InChI is InChI=1S/C29H33NO5/c1-18-25(28(32)35-14-13-19-9-7-6-8-10-19)26(21-15-20(33-4)11-12-24(21)34-5)27-22(30-18)16-29(2,3)17-23(27)31/h6-12,15,26,30H,13-14,16-17H2,1-5H3/t26-/m0/s1. The van der Waals surface area contributed by atoms with E-state index in [1.807, 2.05) is 43.3 Å². The summed E-state index contributed by atoms with van der Waals surface area (Å²) in [6.07, 6.45) is 1.73. The van der Waals surface area contributed by atoms with Crippen LogP contribution in [0.4, 0.5) is 0 Å². The van der Waals surface area contributed by atoms with Gasteiger partial charge in [-0.25, -0.2) is 4.79 Å². The number of nitrogens with one attached hydrogen (secondary N) is 1. The van der Waals surface area contributed by atoms with Crippen LogP contribution < -0.4 is 14.8 Å². The average molecular weight is 476 g/mol. The van der Waals surface area contributed by atoms with Crippen molar-refractivity contribution in [3.63, 3.8) is 0 Å². The van der Waals surface area contributed by atoms with E-state index in [9.17, 15) is 9.59 Å². The molecule has 2 aliphatic rings. The molecule has 2 aromatic carbocycles. The molecule has 0 fully saturated rings. The highest BCUT2D eigenvalue weighted by molar-refractivity contribution is 6.04. The first-order valence-electron chi connectivity index (χ1n) is 11.9. The third-order valence-electron chi connectivity index (χ3n) is 6.67. The van der Waals surface area contributed by atoms with Crippen molar-refractivity contribution in [1.82, 2.24) is 5.32 Å². The second-order valence-electron chi connectivity index (χ2n) is 9.91. The fourth-order valence-corrected chi connectivity index (χ4v) is 5.07. The van der Waals surface area contributed by atoms with E-state index in [1.165, 1.54) is 0 Å². The molecule has 1 heterocycles. The zero-order valence-electron chi connectivity index (χ0n) is 21.1. The van der Waals surface area contributed by atoms with E-state index in [4.69, 9.17) is 14.2 Å². The molecule has 184 valence electrons. The molecule has 0 spiro atoms. The van der Waals surface area contributed by atoms with Gasteiger partial charge in [-0.05, 0) is 42.5 Å². The molecule has 0 radical (unpaired) electrons. The van der Waals surface area contributed by atoms with Crippen LogP contribution >= 0.6 is 0 Å². The number of hydrogen-bond acceptors (Lipinski definition) is 6. The number of benzene rings is 2. The average Bonchev–Trinajstić information content (AvgIpc) is 2.82. The van der Waals surface area contributed by atoms with Crippen molar-refractivity contribution in [1.29, 1.82) is 0 Å². The van der Waals surface area contributed by atoms with Crippen LogP contribution in [0.1, 0.15) is 50.7 Å². The molecule has 0 saturated carbocycles. The number of ketones is 1. The highest BCUT2D eigenvalue weighted by atomic mass is 16.5. The zero-order chi connectivity index (χ0) is 25.2.